The monoisotopic (exact) mass is 313 g/mol. The zero-order valence-corrected chi connectivity index (χ0v) is 13.3. The van der Waals surface area contributed by atoms with Crippen molar-refractivity contribution in [3.63, 3.8) is 0 Å². The summed E-state index contributed by atoms with van der Waals surface area (Å²) in [6.45, 7) is 4.06. The zero-order valence-electron chi connectivity index (χ0n) is 13.3. The molecule has 0 heterocycles. The molecule has 0 radical (unpaired) electrons. The van der Waals surface area contributed by atoms with Gasteiger partial charge in [0.2, 0.25) is 0 Å². The van der Waals surface area contributed by atoms with Crippen LogP contribution in [-0.4, -0.2) is 24.1 Å². The molecule has 0 atom stereocenters. The van der Waals surface area contributed by atoms with E-state index in [1.54, 1.807) is 12.1 Å². The van der Waals surface area contributed by atoms with E-state index >= 15 is 0 Å². The van der Waals surface area contributed by atoms with E-state index in [4.69, 9.17) is 4.74 Å². The fourth-order valence-corrected chi connectivity index (χ4v) is 2.29. The maximum atomic E-state index is 12.3. The minimum absolute atomic E-state index is 0.0750. The molecule has 0 bridgehead atoms. The van der Waals surface area contributed by atoms with Gasteiger partial charge in [0.15, 0.2) is 0 Å². The number of carboxylic acids is 1. The maximum Gasteiger partial charge on any atom is 0.339 e. The molecule has 23 heavy (non-hydrogen) atoms. The van der Waals surface area contributed by atoms with Crippen molar-refractivity contribution in [3.05, 3.63) is 64.2 Å². The lowest BCUT2D eigenvalue weighted by Crippen LogP contribution is -2.23. The highest BCUT2D eigenvalue weighted by Gasteiger charge is 2.13. The molecule has 0 unspecified atom stereocenters. The molecule has 120 valence electrons. The van der Waals surface area contributed by atoms with E-state index in [2.05, 4.69) is 5.32 Å². The van der Waals surface area contributed by atoms with Crippen LogP contribution in [0.5, 0.6) is 5.75 Å². The standard InChI is InChI=1S/C18H19NO4/c1-11-4-5-12(2)14(8-11)17(20)19-10-13-6-7-16(23-3)15(9-13)18(21)22/h4-9H,10H2,1-3H3,(H,19,20)(H,21,22). The van der Waals surface area contributed by atoms with Gasteiger partial charge in [-0.1, -0.05) is 23.8 Å². The van der Waals surface area contributed by atoms with Crippen molar-refractivity contribution in [3.8, 4) is 5.75 Å². The number of carboxylic acid groups (broad SMARTS) is 1. The molecule has 2 N–H and O–H groups in total. The Morgan fingerprint density at radius 2 is 1.83 bits per heavy atom. The summed E-state index contributed by atoms with van der Waals surface area (Å²) in [7, 11) is 1.42. The Hall–Kier alpha value is -2.82. The van der Waals surface area contributed by atoms with Gasteiger partial charge in [-0.15, -0.1) is 0 Å². The van der Waals surface area contributed by atoms with Crippen LogP contribution in [0, 0.1) is 13.8 Å². The van der Waals surface area contributed by atoms with Gasteiger partial charge in [0.25, 0.3) is 5.91 Å². The van der Waals surface area contributed by atoms with Crippen molar-refractivity contribution in [2.75, 3.05) is 7.11 Å². The summed E-state index contributed by atoms with van der Waals surface area (Å²) < 4.78 is 5.02. The van der Waals surface area contributed by atoms with Crippen molar-refractivity contribution in [1.29, 1.82) is 0 Å². The largest absolute Gasteiger partial charge is 0.496 e. The summed E-state index contributed by atoms with van der Waals surface area (Å²) >= 11 is 0. The third kappa shape index (κ3) is 3.88. The lowest BCUT2D eigenvalue weighted by atomic mass is 10.0. The van der Waals surface area contributed by atoms with Crippen LogP contribution in [0.15, 0.2) is 36.4 Å². The Balaban J connectivity index is 2.14. The summed E-state index contributed by atoms with van der Waals surface area (Å²) in [5.41, 5.74) is 3.30. The van der Waals surface area contributed by atoms with Crippen molar-refractivity contribution >= 4 is 11.9 Å². The lowest BCUT2D eigenvalue weighted by molar-refractivity contribution is 0.0693. The molecule has 5 nitrogen and oxygen atoms in total. The highest BCUT2D eigenvalue weighted by Crippen LogP contribution is 2.20. The first kappa shape index (κ1) is 16.5. The first-order chi connectivity index (χ1) is 10.9. The highest BCUT2D eigenvalue weighted by atomic mass is 16.5. The van der Waals surface area contributed by atoms with Crippen LogP contribution in [-0.2, 0) is 6.54 Å². The maximum absolute atomic E-state index is 12.3. The smallest absolute Gasteiger partial charge is 0.339 e. The second-order valence-electron chi connectivity index (χ2n) is 5.34. The van der Waals surface area contributed by atoms with Gasteiger partial charge in [-0.2, -0.15) is 0 Å². The molecular weight excluding hydrogens is 294 g/mol. The fourth-order valence-electron chi connectivity index (χ4n) is 2.29. The summed E-state index contributed by atoms with van der Waals surface area (Å²) in [4.78, 5) is 23.5. The van der Waals surface area contributed by atoms with Crippen LogP contribution in [0.3, 0.4) is 0 Å². The molecule has 0 aliphatic heterocycles. The Kier molecular flexibility index (Phi) is 5.01. The number of rotatable bonds is 5. The van der Waals surface area contributed by atoms with Crippen molar-refractivity contribution in [2.45, 2.75) is 20.4 Å². The van der Waals surface area contributed by atoms with Crippen molar-refractivity contribution in [1.82, 2.24) is 5.32 Å². The topological polar surface area (TPSA) is 75.6 Å². The summed E-state index contributed by atoms with van der Waals surface area (Å²) in [5.74, 6) is -0.953. The first-order valence-corrected chi connectivity index (χ1v) is 7.18. The Morgan fingerprint density at radius 1 is 1.09 bits per heavy atom. The van der Waals surface area contributed by atoms with E-state index in [1.807, 2.05) is 32.0 Å². The third-order valence-corrected chi connectivity index (χ3v) is 3.59. The van der Waals surface area contributed by atoms with Gasteiger partial charge in [0.1, 0.15) is 11.3 Å². The Morgan fingerprint density at radius 3 is 2.48 bits per heavy atom. The van der Waals surface area contributed by atoms with Gasteiger partial charge in [-0.3, -0.25) is 4.79 Å². The van der Waals surface area contributed by atoms with Gasteiger partial charge in [-0.25, -0.2) is 4.79 Å². The summed E-state index contributed by atoms with van der Waals surface area (Å²) in [5, 5.41) is 12.0. The molecule has 0 saturated carbocycles. The van der Waals surface area contributed by atoms with E-state index in [9.17, 15) is 14.7 Å². The van der Waals surface area contributed by atoms with Crippen LogP contribution in [0.1, 0.15) is 37.4 Å². The molecule has 2 aromatic rings. The number of aromatic carboxylic acids is 1. The zero-order chi connectivity index (χ0) is 17.0. The van der Waals surface area contributed by atoms with Gasteiger partial charge < -0.3 is 15.2 Å². The number of aryl methyl sites for hydroxylation is 2. The predicted molar refractivity (Wildman–Crippen MR) is 87.0 cm³/mol. The normalized spacial score (nSPS) is 10.2. The number of nitrogens with one attached hydrogen (secondary N) is 1. The predicted octanol–water partition coefficient (Wildman–Crippen LogP) is 2.94. The molecule has 0 fully saturated rings. The van der Waals surface area contributed by atoms with E-state index in [-0.39, 0.29) is 18.0 Å². The van der Waals surface area contributed by atoms with Crippen LogP contribution in [0.2, 0.25) is 0 Å². The number of carbonyl (C=O) groups is 2. The fraction of sp³-hybridized carbons (Fsp3) is 0.222. The Labute approximate surface area is 134 Å². The van der Waals surface area contributed by atoms with Gasteiger partial charge >= 0.3 is 5.97 Å². The summed E-state index contributed by atoms with van der Waals surface area (Å²) in [6, 6.07) is 10.5. The SMILES string of the molecule is COc1ccc(CNC(=O)c2cc(C)ccc2C)cc1C(=O)O. The molecule has 2 rings (SSSR count). The molecule has 0 aliphatic rings. The molecular formula is C18H19NO4. The Bertz CT molecular complexity index is 753. The second kappa shape index (κ2) is 6.96. The van der Waals surface area contributed by atoms with Crippen molar-refractivity contribution < 1.29 is 19.4 Å². The van der Waals surface area contributed by atoms with E-state index in [1.165, 1.54) is 13.2 Å². The number of amides is 1. The summed E-state index contributed by atoms with van der Waals surface area (Å²) in [6.07, 6.45) is 0. The van der Waals surface area contributed by atoms with Crippen LogP contribution < -0.4 is 10.1 Å². The quantitative estimate of drug-likeness (QED) is 0.890. The number of ether oxygens (including phenoxy) is 1. The van der Waals surface area contributed by atoms with E-state index in [0.717, 1.165) is 11.1 Å². The minimum atomic E-state index is -1.07. The molecule has 0 aliphatic carbocycles. The number of hydrogen-bond donors (Lipinski definition) is 2. The number of hydrogen-bond acceptors (Lipinski definition) is 3. The lowest BCUT2D eigenvalue weighted by Gasteiger charge is -2.10. The second-order valence-corrected chi connectivity index (χ2v) is 5.34. The first-order valence-electron chi connectivity index (χ1n) is 7.18. The number of methoxy groups -OCH3 is 1. The molecule has 0 aromatic heterocycles. The van der Waals surface area contributed by atoms with Crippen molar-refractivity contribution in [2.24, 2.45) is 0 Å². The third-order valence-electron chi connectivity index (χ3n) is 3.59. The molecule has 0 saturated heterocycles. The molecule has 0 spiro atoms. The average Bonchev–Trinajstić information content (AvgIpc) is 2.54. The van der Waals surface area contributed by atoms with Crippen LogP contribution in [0.25, 0.3) is 0 Å². The molecule has 5 heteroatoms. The highest BCUT2D eigenvalue weighted by molar-refractivity contribution is 5.96. The molecule has 1 amide bonds. The van der Waals surface area contributed by atoms with E-state index < -0.39 is 5.97 Å². The number of benzene rings is 2. The molecule has 2 aromatic carbocycles. The minimum Gasteiger partial charge on any atom is -0.496 e. The van der Waals surface area contributed by atoms with Gasteiger partial charge in [-0.05, 0) is 43.2 Å². The van der Waals surface area contributed by atoms with Crippen LogP contribution >= 0.6 is 0 Å². The van der Waals surface area contributed by atoms with Crippen LogP contribution in [0.4, 0.5) is 0 Å². The van der Waals surface area contributed by atoms with E-state index in [0.29, 0.717) is 16.9 Å². The average molecular weight is 313 g/mol. The van der Waals surface area contributed by atoms with Gasteiger partial charge in [0, 0.05) is 12.1 Å². The number of carbonyl (C=O) groups excluding carboxylic acids is 1. The van der Waals surface area contributed by atoms with Gasteiger partial charge in [0.05, 0.1) is 7.11 Å².